The highest BCUT2D eigenvalue weighted by atomic mass is 16.4. The number of rotatable bonds is 5. The van der Waals surface area contributed by atoms with Gasteiger partial charge in [0, 0.05) is 11.3 Å². The molecule has 26 heavy (non-hydrogen) atoms. The molecule has 0 aliphatic heterocycles. The number of anilines is 1. The molecule has 0 aliphatic carbocycles. The van der Waals surface area contributed by atoms with Crippen LogP contribution < -0.4 is 10.6 Å². The maximum Gasteiger partial charge on any atom is 0.319 e. The summed E-state index contributed by atoms with van der Waals surface area (Å²) in [6, 6.07) is 15.5. The van der Waals surface area contributed by atoms with Gasteiger partial charge in [0.1, 0.15) is 11.5 Å². The van der Waals surface area contributed by atoms with Crippen molar-refractivity contribution >= 4 is 11.7 Å². The number of amides is 2. The van der Waals surface area contributed by atoms with Gasteiger partial charge in [-0.2, -0.15) is 0 Å². The molecule has 0 unspecified atom stereocenters. The summed E-state index contributed by atoms with van der Waals surface area (Å²) in [4.78, 5) is 16.8. The molecule has 1 heterocycles. The molecule has 0 aliphatic rings. The van der Waals surface area contributed by atoms with Crippen LogP contribution in [0.4, 0.5) is 10.5 Å². The number of para-hydroxylation sites is 1. The Hall–Kier alpha value is -3.08. The quantitative estimate of drug-likeness (QED) is 0.692. The lowest BCUT2D eigenvalue weighted by Gasteiger charge is -2.10. The Morgan fingerprint density at radius 1 is 1.08 bits per heavy atom. The largest absolute Gasteiger partial charge is 0.441 e. The Bertz CT molecular complexity index is 915. The molecule has 0 atom stereocenters. The fraction of sp³-hybridized carbons (Fsp3) is 0.238. The summed E-state index contributed by atoms with van der Waals surface area (Å²) in [5.74, 6) is 1.28. The fourth-order valence-corrected chi connectivity index (χ4v) is 2.80. The zero-order valence-corrected chi connectivity index (χ0v) is 15.3. The molecule has 2 aromatic carbocycles. The van der Waals surface area contributed by atoms with Crippen LogP contribution in [-0.2, 0) is 13.0 Å². The van der Waals surface area contributed by atoms with Gasteiger partial charge in [0.15, 0.2) is 0 Å². The van der Waals surface area contributed by atoms with E-state index in [-0.39, 0.29) is 6.03 Å². The van der Waals surface area contributed by atoms with Gasteiger partial charge < -0.3 is 15.1 Å². The number of oxazole rings is 1. The maximum absolute atomic E-state index is 12.2. The molecule has 0 saturated heterocycles. The van der Waals surface area contributed by atoms with E-state index in [2.05, 4.69) is 22.5 Å². The van der Waals surface area contributed by atoms with Gasteiger partial charge in [0.2, 0.25) is 5.89 Å². The van der Waals surface area contributed by atoms with Gasteiger partial charge in [-0.1, -0.05) is 43.3 Å². The van der Waals surface area contributed by atoms with E-state index in [1.807, 2.05) is 62.4 Å². The monoisotopic (exact) mass is 349 g/mol. The highest BCUT2D eigenvalue weighted by Crippen LogP contribution is 2.24. The summed E-state index contributed by atoms with van der Waals surface area (Å²) in [5.41, 5.74) is 4.71. The Morgan fingerprint density at radius 3 is 2.58 bits per heavy atom. The van der Waals surface area contributed by atoms with Crippen molar-refractivity contribution in [1.29, 1.82) is 0 Å². The second-order valence-electron chi connectivity index (χ2n) is 6.16. The zero-order valence-electron chi connectivity index (χ0n) is 15.3. The minimum absolute atomic E-state index is 0.259. The van der Waals surface area contributed by atoms with Gasteiger partial charge in [-0.05, 0) is 43.5 Å². The maximum atomic E-state index is 12.2. The Labute approximate surface area is 153 Å². The number of aromatic nitrogens is 1. The summed E-state index contributed by atoms with van der Waals surface area (Å²) in [5, 5.41) is 5.74. The van der Waals surface area contributed by atoms with Crippen molar-refractivity contribution in [1.82, 2.24) is 10.3 Å². The number of hydrogen-bond donors (Lipinski definition) is 2. The predicted molar refractivity (Wildman–Crippen MR) is 103 cm³/mol. The molecule has 5 nitrogen and oxygen atoms in total. The van der Waals surface area contributed by atoms with Crippen molar-refractivity contribution in [2.24, 2.45) is 0 Å². The predicted octanol–water partition coefficient (Wildman–Crippen LogP) is 4.84. The Kier molecular flexibility index (Phi) is 5.37. The van der Waals surface area contributed by atoms with Gasteiger partial charge in [-0.15, -0.1) is 0 Å². The van der Waals surface area contributed by atoms with E-state index in [4.69, 9.17) is 4.42 Å². The molecule has 0 saturated carbocycles. The molecular weight excluding hydrogens is 326 g/mol. The lowest BCUT2D eigenvalue weighted by Crippen LogP contribution is -2.29. The van der Waals surface area contributed by atoms with Crippen molar-refractivity contribution in [3.05, 3.63) is 71.1 Å². The fourth-order valence-electron chi connectivity index (χ4n) is 2.80. The Balaban J connectivity index is 1.67. The molecule has 0 radical (unpaired) electrons. The number of hydrogen-bond acceptors (Lipinski definition) is 3. The summed E-state index contributed by atoms with van der Waals surface area (Å²) in [6.45, 7) is 6.24. The topological polar surface area (TPSA) is 67.2 Å². The lowest BCUT2D eigenvalue weighted by atomic mass is 10.1. The molecule has 134 valence electrons. The third kappa shape index (κ3) is 3.94. The normalized spacial score (nSPS) is 10.6. The molecule has 0 fully saturated rings. The van der Waals surface area contributed by atoms with E-state index in [0.717, 1.165) is 34.5 Å². The first-order chi connectivity index (χ1) is 12.6. The van der Waals surface area contributed by atoms with E-state index in [0.29, 0.717) is 18.2 Å². The van der Waals surface area contributed by atoms with E-state index in [1.165, 1.54) is 0 Å². The van der Waals surface area contributed by atoms with Crippen LogP contribution in [0.1, 0.15) is 29.5 Å². The first-order valence-electron chi connectivity index (χ1n) is 8.73. The number of aryl methyl sites for hydroxylation is 3. The van der Waals surface area contributed by atoms with Crippen LogP contribution in [0.5, 0.6) is 0 Å². The minimum atomic E-state index is -0.259. The highest BCUT2D eigenvalue weighted by Gasteiger charge is 2.14. The van der Waals surface area contributed by atoms with Crippen molar-refractivity contribution in [3.63, 3.8) is 0 Å². The van der Waals surface area contributed by atoms with Crippen molar-refractivity contribution in [2.45, 2.75) is 33.7 Å². The average molecular weight is 349 g/mol. The summed E-state index contributed by atoms with van der Waals surface area (Å²) in [6.07, 6.45) is 0.860. The molecule has 3 aromatic rings. The van der Waals surface area contributed by atoms with Crippen LogP contribution in [0.15, 0.2) is 52.9 Å². The van der Waals surface area contributed by atoms with Gasteiger partial charge in [-0.25, -0.2) is 9.78 Å². The van der Waals surface area contributed by atoms with Gasteiger partial charge in [-0.3, -0.25) is 0 Å². The number of carbonyl (C=O) groups is 1. The first kappa shape index (κ1) is 17.7. The van der Waals surface area contributed by atoms with Crippen molar-refractivity contribution in [2.75, 3.05) is 5.32 Å². The second kappa shape index (κ2) is 7.87. The summed E-state index contributed by atoms with van der Waals surface area (Å²) >= 11 is 0. The second-order valence-corrected chi connectivity index (χ2v) is 6.16. The van der Waals surface area contributed by atoms with E-state index in [9.17, 15) is 4.79 Å². The number of urea groups is 1. The van der Waals surface area contributed by atoms with Crippen LogP contribution in [0.25, 0.3) is 11.5 Å². The van der Waals surface area contributed by atoms with Gasteiger partial charge >= 0.3 is 6.03 Å². The Morgan fingerprint density at radius 2 is 1.81 bits per heavy atom. The van der Waals surface area contributed by atoms with Crippen LogP contribution in [-0.4, -0.2) is 11.0 Å². The molecular formula is C21H23N3O2. The molecule has 3 rings (SSSR count). The standard InChI is InChI=1S/C21H23N3O2/c1-4-16-10-6-8-12-18(16)24-21(25)22-13-19-15(3)26-20(23-19)17-11-7-5-9-14(17)2/h5-12H,4,13H2,1-3H3,(H2,22,24,25). The van der Waals surface area contributed by atoms with Gasteiger partial charge in [0.05, 0.1) is 6.54 Å². The average Bonchev–Trinajstić information content (AvgIpc) is 3.01. The first-order valence-corrected chi connectivity index (χ1v) is 8.73. The van der Waals surface area contributed by atoms with Gasteiger partial charge in [0.25, 0.3) is 0 Å². The van der Waals surface area contributed by atoms with Crippen LogP contribution >= 0.6 is 0 Å². The molecule has 5 heteroatoms. The smallest absolute Gasteiger partial charge is 0.319 e. The third-order valence-corrected chi connectivity index (χ3v) is 4.33. The third-order valence-electron chi connectivity index (χ3n) is 4.33. The minimum Gasteiger partial charge on any atom is -0.441 e. The number of nitrogens with one attached hydrogen (secondary N) is 2. The molecule has 2 N–H and O–H groups in total. The molecule has 2 amide bonds. The molecule has 1 aromatic heterocycles. The molecule has 0 spiro atoms. The number of nitrogens with zero attached hydrogens (tertiary/aromatic N) is 1. The number of benzene rings is 2. The summed E-state index contributed by atoms with van der Waals surface area (Å²) < 4.78 is 5.79. The van der Waals surface area contributed by atoms with E-state index >= 15 is 0 Å². The SMILES string of the molecule is CCc1ccccc1NC(=O)NCc1nc(-c2ccccc2C)oc1C. The van der Waals surface area contributed by atoms with E-state index in [1.54, 1.807) is 0 Å². The van der Waals surface area contributed by atoms with E-state index < -0.39 is 0 Å². The van der Waals surface area contributed by atoms with Crippen molar-refractivity contribution < 1.29 is 9.21 Å². The van der Waals surface area contributed by atoms with Crippen molar-refractivity contribution in [3.8, 4) is 11.5 Å². The number of carbonyl (C=O) groups excluding carboxylic acids is 1. The molecule has 0 bridgehead atoms. The zero-order chi connectivity index (χ0) is 18.5. The van der Waals surface area contributed by atoms with Crippen LogP contribution in [0, 0.1) is 13.8 Å². The van der Waals surface area contributed by atoms with Crippen LogP contribution in [0.2, 0.25) is 0 Å². The van der Waals surface area contributed by atoms with Crippen LogP contribution in [0.3, 0.4) is 0 Å². The summed E-state index contributed by atoms with van der Waals surface area (Å²) in [7, 11) is 0. The highest BCUT2D eigenvalue weighted by molar-refractivity contribution is 5.90. The lowest BCUT2D eigenvalue weighted by molar-refractivity contribution is 0.251.